The molecule has 20 heavy (non-hydrogen) atoms. The van der Waals surface area contributed by atoms with E-state index in [1.54, 1.807) is 0 Å². The zero-order chi connectivity index (χ0) is 13.9. The maximum absolute atomic E-state index is 10.4. The van der Waals surface area contributed by atoms with Gasteiger partial charge in [-0.25, -0.2) is 0 Å². The number of hydrogen-bond acceptors (Lipinski definition) is 4. The summed E-state index contributed by atoms with van der Waals surface area (Å²) in [5.74, 6) is 1.74. The summed E-state index contributed by atoms with van der Waals surface area (Å²) >= 11 is 0. The standard InChI is InChI=1S/C16H23NO3/c1-2-19-12-6-7-15-13(10-12)16(14(18)11-20-15)17-8-4-3-5-9-17/h6-7,10,14,16,18H,2-5,8-9,11H2,1H3. The van der Waals surface area contributed by atoms with Crippen molar-refractivity contribution in [2.45, 2.75) is 38.3 Å². The third kappa shape index (κ3) is 2.63. The fourth-order valence-electron chi connectivity index (χ4n) is 3.26. The first-order chi connectivity index (χ1) is 9.79. The average molecular weight is 277 g/mol. The second-order valence-electron chi connectivity index (χ2n) is 5.55. The highest BCUT2D eigenvalue weighted by molar-refractivity contribution is 5.44. The van der Waals surface area contributed by atoms with Crippen LogP contribution in [-0.4, -0.2) is 42.4 Å². The third-order valence-corrected chi connectivity index (χ3v) is 4.17. The molecule has 0 bridgehead atoms. The average Bonchev–Trinajstić information content (AvgIpc) is 2.48. The predicted octanol–water partition coefficient (Wildman–Crippen LogP) is 2.37. The summed E-state index contributed by atoms with van der Waals surface area (Å²) in [4.78, 5) is 2.39. The van der Waals surface area contributed by atoms with Gasteiger partial charge in [0.25, 0.3) is 0 Å². The molecule has 2 unspecified atom stereocenters. The number of nitrogens with zero attached hydrogens (tertiary/aromatic N) is 1. The molecule has 2 atom stereocenters. The van der Waals surface area contributed by atoms with E-state index in [1.165, 1.54) is 19.3 Å². The van der Waals surface area contributed by atoms with Crippen LogP contribution in [-0.2, 0) is 0 Å². The summed E-state index contributed by atoms with van der Waals surface area (Å²) in [6, 6.07) is 5.97. The second-order valence-corrected chi connectivity index (χ2v) is 5.55. The third-order valence-electron chi connectivity index (χ3n) is 4.17. The normalized spacial score (nSPS) is 26.7. The van der Waals surface area contributed by atoms with Gasteiger partial charge in [-0.2, -0.15) is 0 Å². The van der Waals surface area contributed by atoms with Crippen molar-refractivity contribution in [1.82, 2.24) is 4.90 Å². The summed E-state index contributed by atoms with van der Waals surface area (Å²) < 4.78 is 11.2. The molecule has 110 valence electrons. The van der Waals surface area contributed by atoms with E-state index in [0.29, 0.717) is 13.2 Å². The first-order valence-corrected chi connectivity index (χ1v) is 7.61. The molecule has 0 saturated carbocycles. The van der Waals surface area contributed by atoms with Crippen molar-refractivity contribution >= 4 is 0 Å². The van der Waals surface area contributed by atoms with Gasteiger partial charge >= 0.3 is 0 Å². The van der Waals surface area contributed by atoms with Crippen LogP contribution < -0.4 is 9.47 Å². The zero-order valence-corrected chi connectivity index (χ0v) is 12.0. The summed E-state index contributed by atoms with van der Waals surface area (Å²) in [5.41, 5.74) is 1.07. The fraction of sp³-hybridized carbons (Fsp3) is 0.625. The van der Waals surface area contributed by atoms with Gasteiger partial charge in [0, 0.05) is 5.56 Å². The molecule has 1 aromatic rings. The van der Waals surface area contributed by atoms with Gasteiger partial charge in [0.15, 0.2) is 0 Å². The monoisotopic (exact) mass is 277 g/mol. The molecule has 2 heterocycles. The molecule has 0 amide bonds. The van der Waals surface area contributed by atoms with E-state index in [1.807, 2.05) is 25.1 Å². The molecule has 2 aliphatic rings. The number of hydrogen-bond donors (Lipinski definition) is 1. The molecule has 0 aromatic heterocycles. The highest BCUT2D eigenvalue weighted by Gasteiger charge is 2.35. The van der Waals surface area contributed by atoms with Crippen LogP contribution in [0.2, 0.25) is 0 Å². The van der Waals surface area contributed by atoms with Crippen LogP contribution in [0.5, 0.6) is 11.5 Å². The minimum atomic E-state index is -0.461. The summed E-state index contributed by atoms with van der Waals surface area (Å²) in [5, 5.41) is 10.4. The topological polar surface area (TPSA) is 41.9 Å². The van der Waals surface area contributed by atoms with Gasteiger partial charge in [-0.3, -0.25) is 4.90 Å². The van der Waals surface area contributed by atoms with Gasteiger partial charge in [-0.15, -0.1) is 0 Å². The van der Waals surface area contributed by atoms with Gasteiger partial charge in [-0.05, 0) is 51.1 Å². The van der Waals surface area contributed by atoms with Crippen molar-refractivity contribution in [3.8, 4) is 11.5 Å². The van der Waals surface area contributed by atoms with Gasteiger partial charge in [0.1, 0.15) is 24.2 Å². The number of aliphatic hydroxyl groups excluding tert-OH is 1. The van der Waals surface area contributed by atoms with E-state index in [-0.39, 0.29) is 6.04 Å². The molecule has 1 saturated heterocycles. The minimum Gasteiger partial charge on any atom is -0.494 e. The molecule has 4 nitrogen and oxygen atoms in total. The largest absolute Gasteiger partial charge is 0.494 e. The Balaban J connectivity index is 1.91. The fourth-order valence-corrected chi connectivity index (χ4v) is 3.26. The lowest BCUT2D eigenvalue weighted by Gasteiger charge is -2.40. The van der Waals surface area contributed by atoms with Crippen molar-refractivity contribution in [2.75, 3.05) is 26.3 Å². The lowest BCUT2D eigenvalue weighted by Crippen LogP contribution is -2.44. The van der Waals surface area contributed by atoms with E-state index in [0.717, 1.165) is 30.2 Å². The van der Waals surface area contributed by atoms with E-state index in [4.69, 9.17) is 9.47 Å². The van der Waals surface area contributed by atoms with E-state index >= 15 is 0 Å². The Morgan fingerprint density at radius 1 is 1.30 bits per heavy atom. The first kappa shape index (κ1) is 13.7. The van der Waals surface area contributed by atoms with Crippen molar-refractivity contribution in [2.24, 2.45) is 0 Å². The van der Waals surface area contributed by atoms with Gasteiger partial charge < -0.3 is 14.6 Å². The number of benzene rings is 1. The van der Waals surface area contributed by atoms with Crippen LogP contribution in [0.15, 0.2) is 18.2 Å². The van der Waals surface area contributed by atoms with Gasteiger partial charge in [0.2, 0.25) is 0 Å². The van der Waals surface area contributed by atoms with Crippen LogP contribution in [0.1, 0.15) is 37.8 Å². The Bertz CT molecular complexity index is 457. The van der Waals surface area contributed by atoms with Crippen LogP contribution in [0, 0.1) is 0 Å². The molecule has 1 aromatic carbocycles. The number of fused-ring (bicyclic) bond motifs is 1. The van der Waals surface area contributed by atoms with Crippen molar-refractivity contribution < 1.29 is 14.6 Å². The molecule has 2 aliphatic heterocycles. The quantitative estimate of drug-likeness (QED) is 0.921. The Morgan fingerprint density at radius 2 is 2.10 bits per heavy atom. The molecular weight excluding hydrogens is 254 g/mol. The lowest BCUT2D eigenvalue weighted by atomic mass is 9.94. The minimum absolute atomic E-state index is 0.0412. The summed E-state index contributed by atoms with van der Waals surface area (Å²) in [7, 11) is 0. The Hall–Kier alpha value is -1.26. The molecule has 1 N–H and O–H groups in total. The number of ether oxygens (including phenoxy) is 2. The van der Waals surface area contributed by atoms with E-state index in [9.17, 15) is 5.11 Å². The maximum atomic E-state index is 10.4. The van der Waals surface area contributed by atoms with Crippen LogP contribution in [0.4, 0.5) is 0 Å². The van der Waals surface area contributed by atoms with Gasteiger partial charge in [-0.1, -0.05) is 6.42 Å². The van der Waals surface area contributed by atoms with Crippen LogP contribution in [0.25, 0.3) is 0 Å². The van der Waals surface area contributed by atoms with E-state index in [2.05, 4.69) is 4.90 Å². The lowest BCUT2D eigenvalue weighted by molar-refractivity contribution is -0.00687. The molecule has 0 radical (unpaired) electrons. The molecule has 0 spiro atoms. The molecule has 1 fully saturated rings. The van der Waals surface area contributed by atoms with Crippen LogP contribution >= 0.6 is 0 Å². The number of likely N-dealkylation sites (tertiary alicyclic amines) is 1. The number of piperidine rings is 1. The number of rotatable bonds is 3. The second kappa shape index (κ2) is 6.02. The smallest absolute Gasteiger partial charge is 0.124 e. The van der Waals surface area contributed by atoms with E-state index < -0.39 is 6.10 Å². The molecular formula is C16H23NO3. The molecule has 0 aliphatic carbocycles. The number of aliphatic hydroxyl groups is 1. The maximum Gasteiger partial charge on any atom is 0.124 e. The SMILES string of the molecule is CCOc1ccc2c(c1)C(N1CCCCC1)C(O)CO2. The van der Waals surface area contributed by atoms with Crippen LogP contribution in [0.3, 0.4) is 0 Å². The summed E-state index contributed by atoms with van der Waals surface area (Å²) in [6.45, 7) is 5.12. The molecule has 3 rings (SSSR count). The Labute approximate surface area is 120 Å². The molecule has 4 heteroatoms. The van der Waals surface area contributed by atoms with Crippen molar-refractivity contribution in [3.05, 3.63) is 23.8 Å². The highest BCUT2D eigenvalue weighted by Crippen LogP contribution is 2.39. The summed E-state index contributed by atoms with van der Waals surface area (Å²) in [6.07, 6.45) is 3.26. The predicted molar refractivity (Wildman–Crippen MR) is 77.3 cm³/mol. The Kier molecular flexibility index (Phi) is 4.13. The van der Waals surface area contributed by atoms with Gasteiger partial charge in [0.05, 0.1) is 12.6 Å². The van der Waals surface area contributed by atoms with Crippen molar-refractivity contribution in [3.63, 3.8) is 0 Å². The highest BCUT2D eigenvalue weighted by atomic mass is 16.5. The van der Waals surface area contributed by atoms with Crippen molar-refractivity contribution in [1.29, 1.82) is 0 Å². The Morgan fingerprint density at radius 3 is 2.85 bits per heavy atom. The first-order valence-electron chi connectivity index (χ1n) is 7.61. The zero-order valence-electron chi connectivity index (χ0n) is 12.0.